The fourth-order valence-electron chi connectivity index (χ4n) is 5.56. The number of aromatic nitrogens is 4. The zero-order valence-electron chi connectivity index (χ0n) is 25.3. The molecule has 0 N–H and O–H groups in total. The molecule has 1 aromatic heterocycles. The second kappa shape index (κ2) is 13.6. The number of hydrogen-bond donors (Lipinski definition) is 0. The molecule has 0 amide bonds. The van der Waals surface area contributed by atoms with Gasteiger partial charge in [-0.1, -0.05) is 130 Å². The highest BCUT2D eigenvalue weighted by Crippen LogP contribution is 2.43. The number of benzene rings is 5. The molecule has 0 aliphatic rings. The van der Waals surface area contributed by atoms with E-state index in [-0.39, 0.29) is 17.8 Å². The monoisotopic (exact) mass is 660 g/mol. The van der Waals surface area contributed by atoms with Crippen LogP contribution in [0.15, 0.2) is 127 Å². The fraction of sp³-hybridized carbons (Fsp3) is 0.0857. The van der Waals surface area contributed by atoms with Crippen molar-refractivity contribution in [3.8, 4) is 22.5 Å². The van der Waals surface area contributed by atoms with Gasteiger partial charge >= 0.3 is 5.97 Å². The van der Waals surface area contributed by atoms with Crippen molar-refractivity contribution in [3.05, 3.63) is 160 Å². The molecule has 0 saturated heterocycles. The third-order valence-electron chi connectivity index (χ3n) is 7.90. The number of esters is 1. The van der Waals surface area contributed by atoms with Crippen LogP contribution in [0.4, 0.5) is 5.69 Å². The van der Waals surface area contributed by atoms with Crippen LogP contribution in [0, 0.1) is 10.1 Å². The van der Waals surface area contributed by atoms with Crippen LogP contribution in [0.25, 0.3) is 22.5 Å². The van der Waals surface area contributed by atoms with E-state index in [0.29, 0.717) is 16.7 Å². The van der Waals surface area contributed by atoms with E-state index in [9.17, 15) is 14.9 Å². The second-order valence-corrected chi connectivity index (χ2v) is 12.2. The Morgan fingerprint density at radius 3 is 2.06 bits per heavy atom. The van der Waals surface area contributed by atoms with Crippen LogP contribution < -0.4 is 10.3 Å². The number of nitro groups is 1. The summed E-state index contributed by atoms with van der Waals surface area (Å²) >= 11 is 0. The molecule has 234 valence electrons. The minimum absolute atomic E-state index is 0.0723. The summed E-state index contributed by atoms with van der Waals surface area (Å²) in [5.41, 5.74) is 5.49. The number of hydrazine groups is 1. The Bertz CT molecular complexity index is 2000. The Hall–Kier alpha value is -5.30. The molecule has 12 heteroatoms. The molecule has 6 aromatic rings. The molecule has 6 rings (SSSR count). The van der Waals surface area contributed by atoms with Gasteiger partial charge in [-0.25, -0.2) is 19.6 Å². The summed E-state index contributed by atoms with van der Waals surface area (Å²) in [6.07, 6.45) is 0. The fourth-order valence-corrected chi connectivity index (χ4v) is 6.39. The molecule has 1 heterocycles. The number of methoxy groups -OCH3 is 1. The first kappa shape index (κ1) is 31.7. The molecule has 47 heavy (non-hydrogen) atoms. The summed E-state index contributed by atoms with van der Waals surface area (Å²) in [5.74, 6) is -0.0840. The molecule has 2 unspecified atom stereocenters. The van der Waals surface area contributed by atoms with Gasteiger partial charge < -0.3 is 4.74 Å². The second-order valence-electron chi connectivity index (χ2n) is 10.7. The van der Waals surface area contributed by atoms with Gasteiger partial charge in [-0.15, -0.1) is 14.3 Å². The van der Waals surface area contributed by atoms with E-state index in [1.807, 2.05) is 114 Å². The molecule has 0 fully saturated rings. The Labute approximate surface area is 275 Å². The number of anilines is 1. The number of hydrogen-bond acceptors (Lipinski definition) is 7. The predicted octanol–water partition coefficient (Wildman–Crippen LogP) is 6.12. The van der Waals surface area contributed by atoms with Crippen LogP contribution in [0.2, 0.25) is 0 Å². The quantitative estimate of drug-likeness (QED) is 0.0748. The average molecular weight is 661 g/mol. The summed E-state index contributed by atoms with van der Waals surface area (Å²) in [5, 5.41) is 25.6. The zero-order valence-corrected chi connectivity index (χ0v) is 27.6. The standard InChI is InChI=1S/C35H30N6O4P2/c1-45-34(42)31-22-28(46)20-21-32(31)39(41(43)44)23-24-16-18-25(19-17-24)29-14-8-9-15-30(29)33-36-37-38-40(33)35(47,26-10-4-2-5-11-26)27-12-6-3-7-13-27/h2-22H,23,46-47H2,1H3. The number of carbonyl (C=O) groups excluding carboxylic acids is 1. The van der Waals surface area contributed by atoms with Gasteiger partial charge in [0.25, 0.3) is 0 Å². The van der Waals surface area contributed by atoms with Gasteiger partial charge in [0.1, 0.15) is 17.5 Å². The number of tetrazole rings is 1. The maximum Gasteiger partial charge on any atom is 0.340 e. The van der Waals surface area contributed by atoms with E-state index < -0.39 is 16.3 Å². The van der Waals surface area contributed by atoms with Crippen molar-refractivity contribution < 1.29 is 14.6 Å². The first-order valence-corrected chi connectivity index (χ1v) is 15.7. The summed E-state index contributed by atoms with van der Waals surface area (Å²) in [6.45, 7) is -0.0723. The molecule has 0 aliphatic carbocycles. The number of rotatable bonds is 10. The predicted molar refractivity (Wildman–Crippen MR) is 188 cm³/mol. The number of nitrogens with zero attached hydrogens (tertiary/aromatic N) is 6. The Balaban J connectivity index is 1.37. The van der Waals surface area contributed by atoms with Gasteiger partial charge in [0.05, 0.1) is 12.7 Å². The van der Waals surface area contributed by atoms with Crippen molar-refractivity contribution in [1.82, 2.24) is 20.2 Å². The van der Waals surface area contributed by atoms with Crippen LogP contribution in [-0.2, 0) is 16.6 Å². The van der Waals surface area contributed by atoms with Crippen molar-refractivity contribution in [2.24, 2.45) is 0 Å². The van der Waals surface area contributed by atoms with Crippen LogP contribution in [0.1, 0.15) is 27.0 Å². The van der Waals surface area contributed by atoms with Gasteiger partial charge in [0, 0.05) is 5.56 Å². The average Bonchev–Trinajstić information content (AvgIpc) is 3.61. The first-order chi connectivity index (χ1) is 22.8. The molecular weight excluding hydrogens is 630 g/mol. The SMILES string of the molecule is COC(=O)c1cc(P)ccc1N(Cc1ccc(-c2ccccc2-c2nnnn2C(P)(c2ccccc2)c2ccccc2)cc1)[N+](=O)[O-]. The molecule has 0 radical (unpaired) electrons. The van der Waals surface area contributed by atoms with E-state index in [0.717, 1.165) is 32.8 Å². The molecule has 5 aromatic carbocycles. The molecule has 2 atom stereocenters. The maximum atomic E-state index is 12.4. The summed E-state index contributed by atoms with van der Waals surface area (Å²) < 4.78 is 6.71. The maximum absolute atomic E-state index is 12.4. The molecule has 0 aliphatic heterocycles. The van der Waals surface area contributed by atoms with Gasteiger partial charge in [0.2, 0.25) is 0 Å². The van der Waals surface area contributed by atoms with E-state index in [4.69, 9.17) is 4.74 Å². The molecule has 0 spiro atoms. The normalized spacial score (nSPS) is 11.2. The summed E-state index contributed by atoms with van der Waals surface area (Å²) in [7, 11) is 6.69. The lowest BCUT2D eigenvalue weighted by molar-refractivity contribution is -0.496. The van der Waals surface area contributed by atoms with Crippen molar-refractivity contribution in [2.75, 3.05) is 12.1 Å². The van der Waals surface area contributed by atoms with Crippen LogP contribution >= 0.6 is 18.5 Å². The van der Waals surface area contributed by atoms with Crippen molar-refractivity contribution in [3.63, 3.8) is 0 Å². The largest absolute Gasteiger partial charge is 0.465 e. The topological polar surface area (TPSA) is 116 Å². The number of ether oxygens (including phenoxy) is 1. The van der Waals surface area contributed by atoms with Crippen molar-refractivity contribution in [1.29, 1.82) is 0 Å². The van der Waals surface area contributed by atoms with E-state index in [2.05, 4.69) is 34.0 Å². The van der Waals surface area contributed by atoms with Gasteiger partial charge in [0.15, 0.2) is 10.9 Å². The van der Waals surface area contributed by atoms with Gasteiger partial charge in [-0.3, -0.25) is 0 Å². The minimum Gasteiger partial charge on any atom is -0.465 e. The molecular formula is C35H30N6O4P2. The van der Waals surface area contributed by atoms with E-state index >= 15 is 0 Å². The number of carbonyl (C=O) groups is 1. The molecule has 0 saturated carbocycles. The smallest absolute Gasteiger partial charge is 0.340 e. The lowest BCUT2D eigenvalue weighted by Gasteiger charge is -2.31. The summed E-state index contributed by atoms with van der Waals surface area (Å²) in [4.78, 5) is 24.6. The van der Waals surface area contributed by atoms with Crippen LogP contribution in [0.3, 0.4) is 0 Å². The van der Waals surface area contributed by atoms with Crippen molar-refractivity contribution in [2.45, 2.75) is 11.8 Å². The third-order valence-corrected chi connectivity index (χ3v) is 9.17. The van der Waals surface area contributed by atoms with E-state index in [1.54, 1.807) is 18.2 Å². The lowest BCUT2D eigenvalue weighted by atomic mass is 9.95. The Morgan fingerprint density at radius 1 is 0.872 bits per heavy atom. The summed E-state index contributed by atoms with van der Waals surface area (Å²) in [6, 6.07) is 40.2. The van der Waals surface area contributed by atoms with Crippen LogP contribution in [0.5, 0.6) is 0 Å². The van der Waals surface area contributed by atoms with Crippen LogP contribution in [-0.4, -0.2) is 38.3 Å². The highest BCUT2D eigenvalue weighted by Gasteiger charge is 2.36. The molecule has 0 bridgehead atoms. The Morgan fingerprint density at radius 2 is 1.47 bits per heavy atom. The van der Waals surface area contributed by atoms with E-state index in [1.165, 1.54) is 7.11 Å². The van der Waals surface area contributed by atoms with Gasteiger partial charge in [-0.2, -0.15) is 0 Å². The Kier molecular flexibility index (Phi) is 9.16. The highest BCUT2D eigenvalue weighted by atomic mass is 31.0. The first-order valence-electron chi connectivity index (χ1n) is 14.6. The molecule has 10 nitrogen and oxygen atoms in total. The van der Waals surface area contributed by atoms with Crippen molar-refractivity contribution >= 4 is 35.4 Å². The highest BCUT2D eigenvalue weighted by molar-refractivity contribution is 7.27. The van der Waals surface area contributed by atoms with Gasteiger partial charge in [-0.05, 0) is 55.7 Å². The zero-order chi connectivity index (χ0) is 33.0. The minimum atomic E-state index is -0.804. The lowest BCUT2D eigenvalue weighted by Crippen LogP contribution is -2.31. The third kappa shape index (κ3) is 6.26.